The van der Waals surface area contributed by atoms with Gasteiger partial charge in [-0.15, -0.1) is 0 Å². The Labute approximate surface area is 222 Å². The Balaban J connectivity index is 1.30. The number of hydrogen-bond acceptors (Lipinski definition) is 6. The van der Waals surface area contributed by atoms with Crippen molar-refractivity contribution in [3.63, 3.8) is 0 Å². The van der Waals surface area contributed by atoms with Gasteiger partial charge in [0.1, 0.15) is 12.2 Å². The van der Waals surface area contributed by atoms with E-state index in [1.165, 1.54) is 19.8 Å². The molecule has 2 heterocycles. The summed E-state index contributed by atoms with van der Waals surface area (Å²) in [4.78, 5) is 24.1. The number of carbonyl (C=O) groups is 2. The van der Waals surface area contributed by atoms with Crippen molar-refractivity contribution >= 4 is 11.9 Å². The SMILES string of the molecule is CC(=O)O[C@@H]1CC[C@@]2(C)[C@@H](CC[C@@H]3[C@@H]2C[C@H](OC(C)=O)[C@]2(C)[C@@H]4[C@@H](C[C@@H]32)O[C@]2(CC[C@H](C)CO2)[C@H]4C)C1. The molecule has 4 saturated carbocycles. The van der Waals surface area contributed by atoms with E-state index in [9.17, 15) is 9.59 Å². The first-order valence-corrected chi connectivity index (χ1v) is 15.1. The topological polar surface area (TPSA) is 71.1 Å². The van der Waals surface area contributed by atoms with Gasteiger partial charge in [0.2, 0.25) is 0 Å². The minimum absolute atomic E-state index is 0.0553. The molecule has 6 heteroatoms. The third-order valence-electron chi connectivity index (χ3n) is 12.6. The molecule has 6 aliphatic rings. The predicted octanol–water partition coefficient (Wildman–Crippen LogP) is 5.91. The lowest BCUT2D eigenvalue weighted by atomic mass is 9.43. The maximum absolute atomic E-state index is 12.5. The van der Waals surface area contributed by atoms with Crippen molar-refractivity contribution in [1.82, 2.24) is 0 Å². The van der Waals surface area contributed by atoms with Crippen LogP contribution < -0.4 is 0 Å². The van der Waals surface area contributed by atoms with E-state index in [1.54, 1.807) is 6.92 Å². The summed E-state index contributed by atoms with van der Waals surface area (Å²) in [6.07, 6.45) is 9.70. The molecule has 208 valence electrons. The summed E-state index contributed by atoms with van der Waals surface area (Å²) < 4.78 is 25.4. The minimum Gasteiger partial charge on any atom is -0.463 e. The van der Waals surface area contributed by atoms with Crippen LogP contribution in [-0.4, -0.2) is 42.6 Å². The summed E-state index contributed by atoms with van der Waals surface area (Å²) in [6.45, 7) is 13.4. The van der Waals surface area contributed by atoms with E-state index in [0.29, 0.717) is 41.4 Å². The van der Waals surface area contributed by atoms with Crippen molar-refractivity contribution in [2.45, 2.75) is 123 Å². The van der Waals surface area contributed by atoms with Crippen molar-refractivity contribution in [2.75, 3.05) is 6.61 Å². The van der Waals surface area contributed by atoms with Crippen LogP contribution in [0.5, 0.6) is 0 Å². The molecule has 2 saturated heterocycles. The normalized spacial score (nSPS) is 54.5. The monoisotopic (exact) mass is 516 g/mol. The average molecular weight is 517 g/mol. The second kappa shape index (κ2) is 8.94. The first kappa shape index (κ1) is 26.1. The van der Waals surface area contributed by atoms with Crippen LogP contribution in [0.1, 0.15) is 99.3 Å². The summed E-state index contributed by atoms with van der Waals surface area (Å²) in [5.74, 6) is 2.66. The second-order valence-corrected chi connectivity index (χ2v) is 14.3. The van der Waals surface area contributed by atoms with Crippen molar-refractivity contribution in [2.24, 2.45) is 52.3 Å². The molecular formula is C31H48O6. The predicted molar refractivity (Wildman–Crippen MR) is 138 cm³/mol. The van der Waals surface area contributed by atoms with Crippen LogP contribution in [0.2, 0.25) is 0 Å². The molecule has 0 unspecified atom stereocenters. The van der Waals surface area contributed by atoms with Crippen LogP contribution >= 0.6 is 0 Å². The molecule has 4 aliphatic carbocycles. The molecule has 0 aromatic carbocycles. The highest BCUT2D eigenvalue weighted by molar-refractivity contribution is 5.66. The average Bonchev–Trinajstić information content (AvgIpc) is 3.27. The summed E-state index contributed by atoms with van der Waals surface area (Å²) in [5, 5.41) is 0. The summed E-state index contributed by atoms with van der Waals surface area (Å²) >= 11 is 0. The van der Waals surface area contributed by atoms with Crippen molar-refractivity contribution in [1.29, 1.82) is 0 Å². The molecule has 6 nitrogen and oxygen atoms in total. The maximum atomic E-state index is 12.5. The molecule has 6 rings (SSSR count). The zero-order valence-electron chi connectivity index (χ0n) is 23.8. The Morgan fingerprint density at radius 1 is 0.865 bits per heavy atom. The van der Waals surface area contributed by atoms with Gasteiger partial charge in [0, 0.05) is 37.5 Å². The quantitative estimate of drug-likeness (QED) is 0.425. The van der Waals surface area contributed by atoms with E-state index >= 15 is 0 Å². The Bertz CT molecular complexity index is 925. The van der Waals surface area contributed by atoms with Crippen LogP contribution in [-0.2, 0) is 28.5 Å². The number of ether oxygens (including phenoxy) is 4. The largest absolute Gasteiger partial charge is 0.463 e. The zero-order valence-corrected chi connectivity index (χ0v) is 23.8. The molecule has 0 bridgehead atoms. The van der Waals surface area contributed by atoms with Crippen LogP contribution in [0.15, 0.2) is 0 Å². The third-order valence-corrected chi connectivity index (χ3v) is 12.6. The Morgan fingerprint density at radius 2 is 1.62 bits per heavy atom. The first-order chi connectivity index (χ1) is 17.5. The molecule has 1 spiro atoms. The molecule has 0 N–H and O–H groups in total. The van der Waals surface area contributed by atoms with Crippen LogP contribution in [0.3, 0.4) is 0 Å². The van der Waals surface area contributed by atoms with Crippen LogP contribution in [0.4, 0.5) is 0 Å². The van der Waals surface area contributed by atoms with Gasteiger partial charge in [-0.3, -0.25) is 9.59 Å². The number of carbonyl (C=O) groups excluding carboxylic acids is 2. The van der Waals surface area contributed by atoms with E-state index in [2.05, 4.69) is 27.7 Å². The molecule has 0 aromatic heterocycles. The van der Waals surface area contributed by atoms with Crippen molar-refractivity contribution in [3.8, 4) is 0 Å². The molecule has 2 aliphatic heterocycles. The summed E-state index contributed by atoms with van der Waals surface area (Å²) in [7, 11) is 0. The van der Waals surface area contributed by atoms with Gasteiger partial charge < -0.3 is 18.9 Å². The number of fused-ring (bicyclic) bond motifs is 7. The molecule has 37 heavy (non-hydrogen) atoms. The standard InChI is InChI=1S/C31H48O6/c1-17-9-12-31(34-16-17)18(2)28-26(37-31)14-25-23-8-7-21-13-22(35-19(3)32)10-11-29(21,5)24(23)15-27(30(25,28)6)36-20(4)33/h17-18,21-28H,7-16H2,1-6H3/t17-,18-,21-,22+,23+,24-,25-,26+,27-,28-,29-,30+,31+/m0/s1. The highest BCUT2D eigenvalue weighted by Gasteiger charge is 2.72. The minimum atomic E-state index is -0.466. The third kappa shape index (κ3) is 3.85. The van der Waals surface area contributed by atoms with Crippen LogP contribution in [0, 0.1) is 52.3 Å². The summed E-state index contributed by atoms with van der Waals surface area (Å²) in [5.41, 5.74) is 0.109. The van der Waals surface area contributed by atoms with E-state index in [4.69, 9.17) is 18.9 Å². The van der Waals surface area contributed by atoms with Gasteiger partial charge in [0.15, 0.2) is 5.79 Å². The van der Waals surface area contributed by atoms with Gasteiger partial charge in [-0.2, -0.15) is 0 Å². The Hall–Kier alpha value is -1.14. The van der Waals surface area contributed by atoms with E-state index in [1.807, 2.05) is 0 Å². The molecule has 13 atom stereocenters. The van der Waals surface area contributed by atoms with Gasteiger partial charge in [-0.25, -0.2) is 0 Å². The number of esters is 2. The molecule has 0 aromatic rings. The first-order valence-electron chi connectivity index (χ1n) is 15.1. The number of rotatable bonds is 2. The Kier molecular flexibility index (Phi) is 6.31. The van der Waals surface area contributed by atoms with Crippen LogP contribution in [0.25, 0.3) is 0 Å². The fourth-order valence-corrected chi connectivity index (χ4v) is 10.9. The maximum Gasteiger partial charge on any atom is 0.302 e. The highest BCUT2D eigenvalue weighted by atomic mass is 16.7. The van der Waals surface area contributed by atoms with Crippen molar-refractivity contribution in [3.05, 3.63) is 0 Å². The lowest BCUT2D eigenvalue weighted by Gasteiger charge is -2.62. The van der Waals surface area contributed by atoms with Crippen molar-refractivity contribution < 1.29 is 28.5 Å². The Morgan fingerprint density at radius 3 is 2.30 bits per heavy atom. The van der Waals surface area contributed by atoms with Gasteiger partial charge in [0.25, 0.3) is 0 Å². The van der Waals surface area contributed by atoms with E-state index in [-0.39, 0.29) is 41.1 Å². The zero-order chi connectivity index (χ0) is 26.3. The molecule has 6 fully saturated rings. The van der Waals surface area contributed by atoms with Gasteiger partial charge in [-0.1, -0.05) is 27.7 Å². The lowest BCUT2D eigenvalue weighted by molar-refractivity contribution is -0.274. The smallest absolute Gasteiger partial charge is 0.302 e. The number of hydrogen-bond donors (Lipinski definition) is 0. The molecular weight excluding hydrogens is 468 g/mol. The second-order valence-electron chi connectivity index (χ2n) is 14.3. The fourth-order valence-electron chi connectivity index (χ4n) is 10.9. The fraction of sp³-hybridized carbons (Fsp3) is 0.935. The lowest BCUT2D eigenvalue weighted by Crippen LogP contribution is -2.60. The van der Waals surface area contributed by atoms with Gasteiger partial charge in [-0.05, 0) is 86.4 Å². The van der Waals surface area contributed by atoms with E-state index < -0.39 is 5.79 Å². The molecule has 0 radical (unpaired) electrons. The van der Waals surface area contributed by atoms with E-state index in [0.717, 1.165) is 51.6 Å². The van der Waals surface area contributed by atoms with Gasteiger partial charge in [0.05, 0.1) is 12.7 Å². The summed E-state index contributed by atoms with van der Waals surface area (Å²) in [6, 6.07) is 0. The van der Waals surface area contributed by atoms with Gasteiger partial charge >= 0.3 is 11.9 Å². The highest BCUT2D eigenvalue weighted by Crippen LogP contribution is 2.71. The molecule has 0 amide bonds.